The molecule has 3 aromatic carbocycles. The van der Waals surface area contributed by atoms with E-state index in [1.54, 1.807) is 17.0 Å². The molecular formula is C24H23N3O4. The lowest BCUT2D eigenvalue weighted by molar-refractivity contribution is -0.384. The van der Waals surface area contributed by atoms with Gasteiger partial charge in [0.1, 0.15) is 5.75 Å². The Morgan fingerprint density at radius 1 is 0.839 bits per heavy atom. The summed E-state index contributed by atoms with van der Waals surface area (Å²) >= 11 is 0. The topological polar surface area (TPSA) is 75.9 Å². The number of ether oxygens (including phenoxy) is 1. The second-order valence-corrected chi connectivity index (χ2v) is 7.32. The van der Waals surface area contributed by atoms with Gasteiger partial charge in [-0.05, 0) is 35.4 Å². The van der Waals surface area contributed by atoms with Crippen LogP contribution in [-0.2, 0) is 4.79 Å². The van der Waals surface area contributed by atoms with Crippen LogP contribution in [0.2, 0.25) is 0 Å². The molecule has 7 nitrogen and oxygen atoms in total. The van der Waals surface area contributed by atoms with Crippen molar-refractivity contribution in [2.24, 2.45) is 0 Å². The summed E-state index contributed by atoms with van der Waals surface area (Å²) in [5.74, 6) is 0.619. The average Bonchev–Trinajstić information content (AvgIpc) is 2.83. The molecule has 31 heavy (non-hydrogen) atoms. The highest BCUT2D eigenvalue weighted by Gasteiger charge is 2.22. The van der Waals surface area contributed by atoms with Gasteiger partial charge in [-0.25, -0.2) is 0 Å². The molecule has 1 saturated heterocycles. The molecule has 1 aliphatic rings. The first-order valence-electron chi connectivity index (χ1n) is 10.2. The fourth-order valence-electron chi connectivity index (χ4n) is 3.61. The van der Waals surface area contributed by atoms with Gasteiger partial charge in [-0.15, -0.1) is 0 Å². The van der Waals surface area contributed by atoms with Crippen molar-refractivity contribution >= 4 is 17.3 Å². The van der Waals surface area contributed by atoms with Crippen LogP contribution in [0.3, 0.4) is 0 Å². The number of nitrogens with zero attached hydrogens (tertiary/aromatic N) is 3. The van der Waals surface area contributed by atoms with Gasteiger partial charge in [-0.1, -0.05) is 42.5 Å². The molecule has 0 bridgehead atoms. The summed E-state index contributed by atoms with van der Waals surface area (Å²) in [6, 6.07) is 24.3. The molecule has 0 aliphatic carbocycles. The standard InChI is InChI=1S/C24H23N3O4/c28-24(18-31-23-12-6-20(7-13-23)19-4-2-1-3-5-19)26-16-14-25(15-17-26)21-8-10-22(11-9-21)27(29)30/h1-13H,14-18H2. The highest BCUT2D eigenvalue weighted by atomic mass is 16.6. The lowest BCUT2D eigenvalue weighted by Crippen LogP contribution is -2.50. The van der Waals surface area contributed by atoms with E-state index in [0.717, 1.165) is 16.8 Å². The van der Waals surface area contributed by atoms with E-state index in [1.165, 1.54) is 12.1 Å². The molecule has 7 heteroatoms. The summed E-state index contributed by atoms with van der Waals surface area (Å²) in [6.45, 7) is 2.53. The van der Waals surface area contributed by atoms with Gasteiger partial charge in [0.25, 0.3) is 11.6 Å². The van der Waals surface area contributed by atoms with E-state index >= 15 is 0 Å². The molecule has 158 valence electrons. The molecular weight excluding hydrogens is 394 g/mol. The van der Waals surface area contributed by atoms with E-state index in [9.17, 15) is 14.9 Å². The third-order valence-electron chi connectivity index (χ3n) is 5.38. The van der Waals surface area contributed by atoms with Gasteiger partial charge in [-0.2, -0.15) is 0 Å². The van der Waals surface area contributed by atoms with Crippen molar-refractivity contribution in [3.05, 3.63) is 89.0 Å². The Balaban J connectivity index is 1.26. The van der Waals surface area contributed by atoms with Crippen molar-refractivity contribution in [1.29, 1.82) is 0 Å². The van der Waals surface area contributed by atoms with Crippen molar-refractivity contribution in [1.82, 2.24) is 4.90 Å². The Bertz CT molecular complexity index is 1030. The van der Waals surface area contributed by atoms with Gasteiger partial charge < -0.3 is 14.5 Å². The Morgan fingerprint density at radius 2 is 1.45 bits per heavy atom. The SMILES string of the molecule is O=C(COc1ccc(-c2ccccc2)cc1)N1CCN(c2ccc([N+](=O)[O-])cc2)CC1. The number of piperazine rings is 1. The van der Waals surface area contributed by atoms with Gasteiger partial charge in [0.15, 0.2) is 6.61 Å². The number of hydrogen-bond acceptors (Lipinski definition) is 5. The smallest absolute Gasteiger partial charge is 0.269 e. The Kier molecular flexibility index (Phi) is 6.12. The summed E-state index contributed by atoms with van der Waals surface area (Å²) in [7, 11) is 0. The van der Waals surface area contributed by atoms with Crippen LogP contribution in [0, 0.1) is 10.1 Å². The number of carbonyl (C=O) groups excluding carboxylic acids is 1. The second kappa shape index (κ2) is 9.30. The molecule has 0 saturated carbocycles. The predicted molar refractivity (Wildman–Crippen MR) is 119 cm³/mol. The highest BCUT2D eigenvalue weighted by Crippen LogP contribution is 2.23. The molecule has 0 spiro atoms. The van der Waals surface area contributed by atoms with Gasteiger partial charge in [-0.3, -0.25) is 14.9 Å². The largest absolute Gasteiger partial charge is 0.484 e. The van der Waals surface area contributed by atoms with Crippen LogP contribution >= 0.6 is 0 Å². The molecule has 0 radical (unpaired) electrons. The molecule has 1 amide bonds. The molecule has 1 fully saturated rings. The van der Waals surface area contributed by atoms with Crippen LogP contribution in [-0.4, -0.2) is 48.5 Å². The minimum absolute atomic E-state index is 0.00220. The molecule has 1 aliphatic heterocycles. The van der Waals surface area contributed by atoms with Crippen molar-refractivity contribution < 1.29 is 14.5 Å². The van der Waals surface area contributed by atoms with Crippen molar-refractivity contribution in [3.8, 4) is 16.9 Å². The number of anilines is 1. The number of hydrogen-bond donors (Lipinski definition) is 0. The first kappa shape index (κ1) is 20.4. The van der Waals surface area contributed by atoms with Crippen LogP contribution in [0.15, 0.2) is 78.9 Å². The van der Waals surface area contributed by atoms with Crippen molar-refractivity contribution in [3.63, 3.8) is 0 Å². The lowest BCUT2D eigenvalue weighted by atomic mass is 10.1. The van der Waals surface area contributed by atoms with Crippen molar-refractivity contribution in [2.75, 3.05) is 37.7 Å². The fraction of sp³-hybridized carbons (Fsp3) is 0.208. The molecule has 4 rings (SSSR count). The van der Waals surface area contributed by atoms with Gasteiger partial charge in [0, 0.05) is 44.0 Å². The molecule has 0 unspecified atom stereocenters. The summed E-state index contributed by atoms with van der Waals surface area (Å²) in [6.07, 6.45) is 0. The predicted octanol–water partition coefficient (Wildman–Crippen LogP) is 3.99. The van der Waals surface area contributed by atoms with Gasteiger partial charge >= 0.3 is 0 Å². The Labute approximate surface area is 180 Å². The van der Waals surface area contributed by atoms with E-state index < -0.39 is 4.92 Å². The van der Waals surface area contributed by atoms with Crippen LogP contribution in [0.5, 0.6) is 5.75 Å². The zero-order valence-electron chi connectivity index (χ0n) is 17.0. The first-order chi connectivity index (χ1) is 15.1. The van der Waals surface area contributed by atoms with E-state index in [0.29, 0.717) is 31.9 Å². The number of non-ortho nitro benzene ring substituents is 1. The third-order valence-corrected chi connectivity index (χ3v) is 5.38. The molecule has 1 heterocycles. The third kappa shape index (κ3) is 5.01. The molecule has 3 aromatic rings. The van der Waals surface area contributed by atoms with E-state index in [4.69, 9.17) is 4.74 Å². The Morgan fingerprint density at radius 3 is 2.06 bits per heavy atom. The maximum Gasteiger partial charge on any atom is 0.269 e. The molecule has 0 aromatic heterocycles. The summed E-state index contributed by atoms with van der Waals surface area (Å²) < 4.78 is 5.69. The number of amides is 1. The van der Waals surface area contributed by atoms with E-state index in [2.05, 4.69) is 17.0 Å². The second-order valence-electron chi connectivity index (χ2n) is 7.32. The van der Waals surface area contributed by atoms with Crippen LogP contribution in [0.4, 0.5) is 11.4 Å². The maximum absolute atomic E-state index is 12.5. The first-order valence-corrected chi connectivity index (χ1v) is 10.2. The summed E-state index contributed by atoms with van der Waals surface area (Å²) in [4.78, 5) is 26.8. The zero-order valence-corrected chi connectivity index (χ0v) is 17.0. The molecule has 0 atom stereocenters. The summed E-state index contributed by atoms with van der Waals surface area (Å²) in [5.41, 5.74) is 3.23. The highest BCUT2D eigenvalue weighted by molar-refractivity contribution is 5.78. The quantitative estimate of drug-likeness (QED) is 0.448. The number of nitro groups is 1. The van der Waals surface area contributed by atoms with Gasteiger partial charge in [0.05, 0.1) is 4.92 Å². The van der Waals surface area contributed by atoms with E-state index in [1.807, 2.05) is 42.5 Å². The van der Waals surface area contributed by atoms with Crippen LogP contribution in [0.1, 0.15) is 0 Å². The lowest BCUT2D eigenvalue weighted by Gasteiger charge is -2.36. The maximum atomic E-state index is 12.5. The number of rotatable bonds is 6. The Hall–Kier alpha value is -3.87. The average molecular weight is 417 g/mol. The summed E-state index contributed by atoms with van der Waals surface area (Å²) in [5, 5.41) is 10.8. The van der Waals surface area contributed by atoms with E-state index in [-0.39, 0.29) is 18.2 Å². The normalized spacial score (nSPS) is 13.7. The number of carbonyl (C=O) groups is 1. The van der Waals surface area contributed by atoms with Gasteiger partial charge in [0.2, 0.25) is 0 Å². The monoisotopic (exact) mass is 417 g/mol. The van der Waals surface area contributed by atoms with Crippen molar-refractivity contribution in [2.45, 2.75) is 0 Å². The number of nitro benzene ring substituents is 1. The minimum atomic E-state index is -0.407. The zero-order chi connectivity index (χ0) is 21.6. The number of benzene rings is 3. The van der Waals surface area contributed by atoms with Crippen LogP contribution in [0.25, 0.3) is 11.1 Å². The fourth-order valence-corrected chi connectivity index (χ4v) is 3.61. The van der Waals surface area contributed by atoms with Crippen LogP contribution < -0.4 is 9.64 Å². The molecule has 0 N–H and O–H groups in total. The minimum Gasteiger partial charge on any atom is -0.484 e.